The molecule has 1 saturated carbocycles. The number of nitrogens with zero attached hydrogens (tertiary/aromatic N) is 2. The molecule has 0 unspecified atom stereocenters. The molecule has 2 amide bonds. The maximum atomic E-state index is 14.5. The van der Waals surface area contributed by atoms with Crippen LogP contribution in [0.2, 0.25) is 0 Å². The average Bonchev–Trinajstić information content (AvgIpc) is 3.70. The third-order valence-corrected chi connectivity index (χ3v) is 8.60. The second kappa shape index (κ2) is 13.6. The van der Waals surface area contributed by atoms with E-state index < -0.39 is 6.04 Å². The number of ether oxygens (including phenoxy) is 3. The monoisotopic (exact) mass is 600 g/mol. The number of benzene rings is 3. The summed E-state index contributed by atoms with van der Waals surface area (Å²) in [5, 5.41) is 3.21. The minimum atomic E-state index is -0.924. The summed E-state index contributed by atoms with van der Waals surface area (Å²) in [5.41, 5.74) is 9.64. The lowest BCUT2D eigenvalue weighted by molar-refractivity contribution is -0.126. The molecule has 1 heterocycles. The van der Waals surface area contributed by atoms with Gasteiger partial charge < -0.3 is 30.2 Å². The van der Waals surface area contributed by atoms with Gasteiger partial charge in [-0.05, 0) is 84.0 Å². The van der Waals surface area contributed by atoms with Crippen molar-refractivity contribution in [1.29, 1.82) is 0 Å². The van der Waals surface area contributed by atoms with E-state index in [1.54, 1.807) is 38.4 Å². The van der Waals surface area contributed by atoms with Gasteiger partial charge in [0.15, 0.2) is 0 Å². The number of hydrogen-bond acceptors (Lipinski definition) is 8. The Morgan fingerprint density at radius 2 is 1.42 bits per heavy atom. The fourth-order valence-corrected chi connectivity index (χ4v) is 6.13. The first-order valence-corrected chi connectivity index (χ1v) is 15.0. The SMILES string of the molecule is COc1ccc(CN(C(=O)c2snc(-c3ccc(OC)cc3)c2N)[C@H](C(=O)NC2CCCC2)c2ccc(OC)cc2)cc1. The van der Waals surface area contributed by atoms with Gasteiger partial charge in [-0.25, -0.2) is 0 Å². The Labute approximate surface area is 255 Å². The van der Waals surface area contributed by atoms with Crippen LogP contribution in [0, 0.1) is 0 Å². The smallest absolute Gasteiger partial charge is 0.268 e. The molecule has 1 fully saturated rings. The van der Waals surface area contributed by atoms with Gasteiger partial charge in [0, 0.05) is 18.2 Å². The predicted octanol–water partition coefficient (Wildman–Crippen LogP) is 5.86. The Morgan fingerprint density at radius 1 is 0.884 bits per heavy atom. The molecule has 0 spiro atoms. The molecule has 3 N–H and O–H groups in total. The third kappa shape index (κ3) is 6.75. The molecule has 0 saturated heterocycles. The maximum Gasteiger partial charge on any atom is 0.268 e. The van der Waals surface area contributed by atoms with Gasteiger partial charge in [0.05, 0.1) is 27.0 Å². The van der Waals surface area contributed by atoms with Crippen molar-refractivity contribution >= 4 is 29.0 Å². The van der Waals surface area contributed by atoms with Crippen LogP contribution in [0.3, 0.4) is 0 Å². The van der Waals surface area contributed by atoms with Gasteiger partial charge in [-0.15, -0.1) is 0 Å². The van der Waals surface area contributed by atoms with Crippen molar-refractivity contribution in [2.45, 2.75) is 44.3 Å². The number of hydrogen-bond donors (Lipinski definition) is 2. The summed E-state index contributed by atoms with van der Waals surface area (Å²) in [6, 6.07) is 21.2. The first kappa shape index (κ1) is 29.9. The van der Waals surface area contributed by atoms with Gasteiger partial charge in [0.1, 0.15) is 33.9 Å². The van der Waals surface area contributed by atoms with Crippen LogP contribution in [0.4, 0.5) is 5.69 Å². The van der Waals surface area contributed by atoms with Crippen molar-refractivity contribution in [2.24, 2.45) is 0 Å². The summed E-state index contributed by atoms with van der Waals surface area (Å²) < 4.78 is 20.5. The van der Waals surface area contributed by atoms with Crippen molar-refractivity contribution in [3.63, 3.8) is 0 Å². The average molecular weight is 601 g/mol. The second-order valence-electron chi connectivity index (χ2n) is 10.4. The third-order valence-electron chi connectivity index (χ3n) is 7.75. The van der Waals surface area contributed by atoms with Crippen molar-refractivity contribution in [3.8, 4) is 28.5 Å². The van der Waals surface area contributed by atoms with E-state index in [1.165, 1.54) is 0 Å². The molecule has 224 valence electrons. The van der Waals surface area contributed by atoms with E-state index in [1.807, 2.05) is 60.7 Å². The highest BCUT2D eigenvalue weighted by molar-refractivity contribution is 7.09. The maximum absolute atomic E-state index is 14.5. The zero-order chi connectivity index (χ0) is 30.3. The minimum absolute atomic E-state index is 0.0707. The molecule has 43 heavy (non-hydrogen) atoms. The number of carbonyl (C=O) groups excluding carboxylic acids is 2. The first-order valence-electron chi connectivity index (χ1n) is 14.2. The van der Waals surface area contributed by atoms with E-state index in [0.29, 0.717) is 28.5 Å². The lowest BCUT2D eigenvalue weighted by Crippen LogP contribution is -2.45. The lowest BCUT2D eigenvalue weighted by Gasteiger charge is -2.32. The van der Waals surface area contributed by atoms with Gasteiger partial charge in [0.25, 0.3) is 5.91 Å². The molecule has 9 nitrogen and oxygen atoms in total. The fourth-order valence-electron chi connectivity index (χ4n) is 5.36. The van der Waals surface area contributed by atoms with Crippen molar-refractivity contribution in [2.75, 3.05) is 27.1 Å². The standard InChI is InChI=1S/C33H36N4O5S/c1-40-25-14-8-21(9-15-25)20-37(33(39)31-28(34)29(36-43-31)22-10-16-26(41-2)17-11-22)30(23-12-18-27(42-3)19-13-23)32(38)35-24-6-4-5-7-24/h8-19,24,30H,4-7,20,34H2,1-3H3,(H,35,38)/t30-/m0/s1. The van der Waals surface area contributed by atoms with Crippen LogP contribution in [0.25, 0.3) is 11.3 Å². The Morgan fingerprint density at radius 3 is 1.98 bits per heavy atom. The minimum Gasteiger partial charge on any atom is -0.497 e. The first-order chi connectivity index (χ1) is 20.9. The summed E-state index contributed by atoms with van der Waals surface area (Å²) in [6.07, 6.45) is 3.97. The number of nitrogens with one attached hydrogen (secondary N) is 1. The van der Waals surface area contributed by atoms with Crippen LogP contribution in [0.1, 0.15) is 52.5 Å². The zero-order valence-corrected chi connectivity index (χ0v) is 25.4. The molecule has 0 bridgehead atoms. The normalized spacial score (nSPS) is 13.7. The van der Waals surface area contributed by atoms with E-state index in [-0.39, 0.29) is 35.0 Å². The molecular formula is C33H36N4O5S. The Kier molecular flexibility index (Phi) is 9.46. The summed E-state index contributed by atoms with van der Waals surface area (Å²) in [5.74, 6) is 1.44. The molecule has 5 rings (SSSR count). The van der Waals surface area contributed by atoms with E-state index >= 15 is 0 Å². The second-order valence-corrected chi connectivity index (χ2v) is 11.2. The number of methoxy groups -OCH3 is 3. The summed E-state index contributed by atoms with van der Waals surface area (Å²) >= 11 is 1.03. The van der Waals surface area contributed by atoms with Crippen LogP contribution in [-0.2, 0) is 11.3 Å². The molecule has 3 aromatic carbocycles. The largest absolute Gasteiger partial charge is 0.497 e. The molecule has 1 aromatic heterocycles. The lowest BCUT2D eigenvalue weighted by atomic mass is 10.0. The molecule has 1 aliphatic carbocycles. The van der Waals surface area contributed by atoms with E-state index in [4.69, 9.17) is 19.9 Å². The van der Waals surface area contributed by atoms with Gasteiger partial charge in [-0.2, -0.15) is 4.37 Å². The highest BCUT2D eigenvalue weighted by atomic mass is 32.1. The molecular weight excluding hydrogens is 564 g/mol. The van der Waals surface area contributed by atoms with Crippen LogP contribution in [0.15, 0.2) is 72.8 Å². The van der Waals surface area contributed by atoms with Crippen LogP contribution < -0.4 is 25.3 Å². The predicted molar refractivity (Wildman–Crippen MR) is 168 cm³/mol. The number of carbonyl (C=O) groups is 2. The Balaban J connectivity index is 1.56. The van der Waals surface area contributed by atoms with Crippen LogP contribution >= 0.6 is 11.5 Å². The number of anilines is 1. The van der Waals surface area contributed by atoms with Crippen LogP contribution in [0.5, 0.6) is 17.2 Å². The fraction of sp³-hybridized carbons (Fsp3) is 0.303. The van der Waals surface area contributed by atoms with Crippen molar-refractivity contribution in [1.82, 2.24) is 14.6 Å². The van der Waals surface area contributed by atoms with E-state index in [9.17, 15) is 9.59 Å². The number of amides is 2. The van der Waals surface area contributed by atoms with Gasteiger partial charge >= 0.3 is 0 Å². The Bertz CT molecular complexity index is 1530. The van der Waals surface area contributed by atoms with Crippen LogP contribution in [-0.4, -0.2) is 48.5 Å². The topological polar surface area (TPSA) is 116 Å². The number of rotatable bonds is 11. The molecule has 1 aliphatic rings. The summed E-state index contributed by atoms with van der Waals surface area (Å²) in [4.78, 5) is 30.4. The van der Waals surface area contributed by atoms with E-state index in [2.05, 4.69) is 9.69 Å². The molecule has 0 aliphatic heterocycles. The molecule has 10 heteroatoms. The Hall–Kier alpha value is -4.57. The number of nitrogen functional groups attached to an aromatic ring is 1. The van der Waals surface area contributed by atoms with Gasteiger partial charge in [-0.3, -0.25) is 9.59 Å². The zero-order valence-electron chi connectivity index (χ0n) is 24.5. The van der Waals surface area contributed by atoms with Gasteiger partial charge in [0.2, 0.25) is 5.91 Å². The van der Waals surface area contributed by atoms with Crippen molar-refractivity contribution in [3.05, 3.63) is 88.8 Å². The van der Waals surface area contributed by atoms with Crippen molar-refractivity contribution < 1.29 is 23.8 Å². The quantitative estimate of drug-likeness (QED) is 0.222. The van der Waals surface area contributed by atoms with Gasteiger partial charge in [-0.1, -0.05) is 37.1 Å². The highest BCUT2D eigenvalue weighted by Gasteiger charge is 2.36. The van der Waals surface area contributed by atoms with E-state index in [0.717, 1.165) is 48.3 Å². The number of nitrogens with two attached hydrogens (primary N) is 1. The molecule has 0 radical (unpaired) electrons. The number of aromatic nitrogens is 1. The summed E-state index contributed by atoms with van der Waals surface area (Å²) in [7, 11) is 4.79. The summed E-state index contributed by atoms with van der Waals surface area (Å²) in [6.45, 7) is 0.160. The molecule has 4 aromatic rings. The highest BCUT2D eigenvalue weighted by Crippen LogP contribution is 2.36. The molecule has 1 atom stereocenters.